The predicted molar refractivity (Wildman–Crippen MR) is 103 cm³/mol. The monoisotopic (exact) mass is 370 g/mol. The molecule has 1 aliphatic heterocycles. The molecule has 1 aromatic heterocycles. The van der Waals surface area contributed by atoms with Crippen LogP contribution in [-0.2, 0) is 18.2 Å². The summed E-state index contributed by atoms with van der Waals surface area (Å²) in [5.74, 6) is -0.0118. The van der Waals surface area contributed by atoms with Gasteiger partial charge >= 0.3 is 6.09 Å². The fourth-order valence-corrected chi connectivity index (χ4v) is 3.35. The van der Waals surface area contributed by atoms with E-state index >= 15 is 0 Å². The van der Waals surface area contributed by atoms with Gasteiger partial charge < -0.3 is 14.5 Å². The molecule has 0 saturated carbocycles. The molecule has 0 atom stereocenters. The summed E-state index contributed by atoms with van der Waals surface area (Å²) in [4.78, 5) is 28.2. The van der Waals surface area contributed by atoms with Crippen LogP contribution in [0.25, 0.3) is 11.1 Å². The number of carbonyl (C=O) groups is 2. The lowest BCUT2D eigenvalue weighted by Gasteiger charge is -2.34. The highest BCUT2D eigenvalue weighted by atomic mass is 16.6. The van der Waals surface area contributed by atoms with Gasteiger partial charge in [-0.1, -0.05) is 19.1 Å². The van der Waals surface area contributed by atoms with Crippen LogP contribution in [0.15, 0.2) is 30.5 Å². The van der Waals surface area contributed by atoms with E-state index in [0.29, 0.717) is 38.3 Å². The lowest BCUT2D eigenvalue weighted by molar-refractivity contribution is 0.0570. The van der Waals surface area contributed by atoms with Crippen molar-refractivity contribution in [3.05, 3.63) is 41.7 Å². The molecule has 0 aliphatic carbocycles. The first-order valence-electron chi connectivity index (χ1n) is 9.37. The van der Waals surface area contributed by atoms with Gasteiger partial charge in [0, 0.05) is 50.6 Å². The van der Waals surface area contributed by atoms with Crippen LogP contribution >= 0.6 is 0 Å². The van der Waals surface area contributed by atoms with Crippen molar-refractivity contribution in [3.63, 3.8) is 0 Å². The third-order valence-corrected chi connectivity index (χ3v) is 4.75. The number of aryl methyl sites for hydroxylation is 2. The van der Waals surface area contributed by atoms with E-state index in [2.05, 4.69) is 12.0 Å². The summed E-state index contributed by atoms with van der Waals surface area (Å²) in [6.45, 7) is 6.23. The Bertz CT molecular complexity index is 822. The fraction of sp³-hybridized carbons (Fsp3) is 0.450. The SMILES string of the molecule is CCOC(=O)N1CCN(C(=O)c2cccc(-c3cn(C)nc3CC)c2)CC1. The van der Waals surface area contributed by atoms with Gasteiger partial charge in [-0.3, -0.25) is 9.48 Å². The highest BCUT2D eigenvalue weighted by Crippen LogP contribution is 2.25. The number of piperazine rings is 1. The normalized spacial score (nSPS) is 14.3. The number of carbonyl (C=O) groups excluding carboxylic acids is 2. The van der Waals surface area contributed by atoms with Crippen LogP contribution < -0.4 is 0 Å². The minimum Gasteiger partial charge on any atom is -0.450 e. The Morgan fingerprint density at radius 2 is 1.81 bits per heavy atom. The first-order valence-corrected chi connectivity index (χ1v) is 9.37. The van der Waals surface area contributed by atoms with Crippen LogP contribution in [0.1, 0.15) is 29.9 Å². The first-order chi connectivity index (χ1) is 13.0. The quantitative estimate of drug-likeness (QED) is 0.830. The number of hydrogen-bond acceptors (Lipinski definition) is 4. The van der Waals surface area contributed by atoms with E-state index in [9.17, 15) is 9.59 Å². The minimum atomic E-state index is -0.310. The van der Waals surface area contributed by atoms with Crippen LogP contribution in [0.2, 0.25) is 0 Å². The molecule has 7 nitrogen and oxygen atoms in total. The highest BCUT2D eigenvalue weighted by Gasteiger charge is 2.25. The van der Waals surface area contributed by atoms with Crippen molar-refractivity contribution >= 4 is 12.0 Å². The molecule has 2 heterocycles. The van der Waals surface area contributed by atoms with Crippen molar-refractivity contribution in [1.29, 1.82) is 0 Å². The van der Waals surface area contributed by atoms with Crippen molar-refractivity contribution in [2.45, 2.75) is 20.3 Å². The molecule has 0 N–H and O–H groups in total. The smallest absolute Gasteiger partial charge is 0.409 e. The van der Waals surface area contributed by atoms with Gasteiger partial charge in [0.2, 0.25) is 0 Å². The molecule has 0 spiro atoms. The van der Waals surface area contributed by atoms with Crippen LogP contribution in [0.5, 0.6) is 0 Å². The second kappa shape index (κ2) is 8.24. The maximum Gasteiger partial charge on any atom is 0.409 e. The summed E-state index contributed by atoms with van der Waals surface area (Å²) in [6, 6.07) is 7.68. The molecule has 1 saturated heterocycles. The zero-order valence-electron chi connectivity index (χ0n) is 16.1. The van der Waals surface area contributed by atoms with Gasteiger partial charge in [-0.05, 0) is 31.0 Å². The molecule has 2 aromatic rings. The van der Waals surface area contributed by atoms with Gasteiger partial charge in [0.15, 0.2) is 0 Å². The number of ether oxygens (including phenoxy) is 1. The standard InChI is InChI=1S/C20H26N4O3/c1-4-18-17(14-22(3)21-18)15-7-6-8-16(13-15)19(25)23-9-11-24(12-10-23)20(26)27-5-2/h6-8,13-14H,4-5,9-12H2,1-3H3. The Morgan fingerprint density at radius 1 is 1.11 bits per heavy atom. The summed E-state index contributed by atoms with van der Waals surface area (Å²) in [7, 11) is 1.90. The van der Waals surface area contributed by atoms with Gasteiger partial charge in [0.05, 0.1) is 12.3 Å². The number of aromatic nitrogens is 2. The second-order valence-electron chi connectivity index (χ2n) is 6.58. The summed E-state index contributed by atoms with van der Waals surface area (Å²) in [5.41, 5.74) is 3.73. The molecule has 2 amide bonds. The number of hydrogen-bond donors (Lipinski definition) is 0. The lowest BCUT2D eigenvalue weighted by atomic mass is 10.0. The summed E-state index contributed by atoms with van der Waals surface area (Å²) in [5, 5.41) is 4.48. The minimum absolute atomic E-state index is 0.0118. The molecular formula is C20H26N4O3. The fourth-order valence-electron chi connectivity index (χ4n) is 3.35. The van der Waals surface area contributed by atoms with E-state index in [1.165, 1.54) is 0 Å². The average Bonchev–Trinajstić information content (AvgIpc) is 3.08. The molecule has 27 heavy (non-hydrogen) atoms. The summed E-state index contributed by atoms with van der Waals surface area (Å²) >= 11 is 0. The van der Waals surface area contributed by atoms with Crippen LogP contribution in [0.3, 0.4) is 0 Å². The maximum atomic E-state index is 12.9. The van der Waals surface area contributed by atoms with Crippen molar-refractivity contribution in [3.8, 4) is 11.1 Å². The van der Waals surface area contributed by atoms with Gasteiger partial charge in [0.25, 0.3) is 5.91 Å². The molecule has 7 heteroatoms. The molecular weight excluding hydrogens is 344 g/mol. The first kappa shape index (κ1) is 18.9. The van der Waals surface area contributed by atoms with Crippen LogP contribution in [0.4, 0.5) is 4.79 Å². The number of rotatable bonds is 4. The van der Waals surface area contributed by atoms with E-state index in [0.717, 1.165) is 23.2 Å². The van der Waals surface area contributed by atoms with Gasteiger partial charge in [0.1, 0.15) is 0 Å². The number of benzene rings is 1. The van der Waals surface area contributed by atoms with Gasteiger partial charge in [-0.15, -0.1) is 0 Å². The second-order valence-corrected chi connectivity index (χ2v) is 6.58. The van der Waals surface area contributed by atoms with E-state index in [1.54, 1.807) is 21.4 Å². The van der Waals surface area contributed by atoms with Crippen molar-refractivity contribution in [1.82, 2.24) is 19.6 Å². The highest BCUT2D eigenvalue weighted by molar-refractivity contribution is 5.95. The molecule has 1 aromatic carbocycles. The third-order valence-electron chi connectivity index (χ3n) is 4.75. The molecule has 1 aliphatic rings. The molecule has 0 bridgehead atoms. The third kappa shape index (κ3) is 4.13. The zero-order valence-corrected chi connectivity index (χ0v) is 16.1. The van der Waals surface area contributed by atoms with Crippen LogP contribution in [-0.4, -0.2) is 64.4 Å². The van der Waals surface area contributed by atoms with Gasteiger partial charge in [-0.2, -0.15) is 5.10 Å². The van der Waals surface area contributed by atoms with E-state index in [1.807, 2.05) is 37.5 Å². The Labute approximate surface area is 159 Å². The molecule has 0 unspecified atom stereocenters. The van der Waals surface area contributed by atoms with Crippen molar-refractivity contribution < 1.29 is 14.3 Å². The Morgan fingerprint density at radius 3 is 2.48 bits per heavy atom. The molecule has 0 radical (unpaired) electrons. The van der Waals surface area contributed by atoms with Crippen molar-refractivity contribution in [2.24, 2.45) is 7.05 Å². The molecule has 144 valence electrons. The lowest BCUT2D eigenvalue weighted by Crippen LogP contribution is -2.50. The Balaban J connectivity index is 1.72. The van der Waals surface area contributed by atoms with Crippen molar-refractivity contribution in [2.75, 3.05) is 32.8 Å². The summed E-state index contributed by atoms with van der Waals surface area (Å²) in [6.07, 6.45) is 2.51. The van der Waals surface area contributed by atoms with Gasteiger partial charge in [-0.25, -0.2) is 4.79 Å². The van der Waals surface area contributed by atoms with Crippen LogP contribution in [0, 0.1) is 0 Å². The van der Waals surface area contributed by atoms with E-state index < -0.39 is 0 Å². The molecule has 1 fully saturated rings. The predicted octanol–water partition coefficient (Wildman–Crippen LogP) is 2.56. The Hall–Kier alpha value is -2.83. The average molecular weight is 370 g/mol. The number of nitrogens with zero attached hydrogens (tertiary/aromatic N) is 4. The number of amides is 2. The maximum absolute atomic E-state index is 12.9. The topological polar surface area (TPSA) is 67.7 Å². The largest absolute Gasteiger partial charge is 0.450 e. The Kier molecular flexibility index (Phi) is 5.78. The molecule has 3 rings (SSSR count). The van der Waals surface area contributed by atoms with E-state index in [4.69, 9.17) is 4.74 Å². The van der Waals surface area contributed by atoms with E-state index in [-0.39, 0.29) is 12.0 Å². The summed E-state index contributed by atoms with van der Waals surface area (Å²) < 4.78 is 6.83. The zero-order chi connectivity index (χ0) is 19.4.